The molecule has 2 heterocycles. The number of hydrogen-bond acceptors (Lipinski definition) is 4. The highest BCUT2D eigenvalue weighted by atomic mass is 79.9. The van der Waals surface area contributed by atoms with E-state index >= 15 is 0 Å². The summed E-state index contributed by atoms with van der Waals surface area (Å²) in [6.45, 7) is 1.27. The predicted molar refractivity (Wildman–Crippen MR) is 69.4 cm³/mol. The Labute approximate surface area is 108 Å². The molecule has 0 aromatic carbocycles. The van der Waals surface area contributed by atoms with E-state index in [4.69, 9.17) is 10.5 Å². The van der Waals surface area contributed by atoms with Gasteiger partial charge in [-0.05, 0) is 28.1 Å². The van der Waals surface area contributed by atoms with E-state index in [9.17, 15) is 0 Å². The zero-order valence-corrected chi connectivity index (χ0v) is 11.0. The second-order valence-electron chi connectivity index (χ2n) is 3.49. The van der Waals surface area contributed by atoms with E-state index in [1.807, 2.05) is 16.8 Å². The number of hydrogen-bond donors (Lipinski definition) is 1. The van der Waals surface area contributed by atoms with Crippen LogP contribution in [0.4, 0.5) is 5.82 Å². The van der Waals surface area contributed by atoms with Gasteiger partial charge < -0.3 is 10.5 Å². The molecule has 0 saturated carbocycles. The molecule has 0 spiro atoms. The number of methoxy groups -OCH3 is 1. The number of anilines is 1. The van der Waals surface area contributed by atoms with Crippen LogP contribution in [-0.2, 0) is 11.3 Å². The molecule has 6 heteroatoms. The van der Waals surface area contributed by atoms with Crippen molar-refractivity contribution in [2.45, 2.75) is 6.54 Å². The minimum Gasteiger partial charge on any atom is -0.383 e. The van der Waals surface area contributed by atoms with Gasteiger partial charge in [0.2, 0.25) is 0 Å². The van der Waals surface area contributed by atoms with Gasteiger partial charge in [0.25, 0.3) is 0 Å². The van der Waals surface area contributed by atoms with Crippen molar-refractivity contribution >= 4 is 21.7 Å². The number of halogens is 1. The Balaban J connectivity index is 2.44. The second-order valence-corrected chi connectivity index (χ2v) is 4.35. The van der Waals surface area contributed by atoms with E-state index in [-0.39, 0.29) is 0 Å². The first-order valence-corrected chi connectivity index (χ1v) is 5.94. The van der Waals surface area contributed by atoms with Gasteiger partial charge in [-0.15, -0.1) is 0 Å². The van der Waals surface area contributed by atoms with Crippen molar-refractivity contribution in [3.05, 3.63) is 29.0 Å². The highest BCUT2D eigenvalue weighted by Crippen LogP contribution is 2.30. The van der Waals surface area contributed by atoms with E-state index in [0.29, 0.717) is 19.0 Å². The van der Waals surface area contributed by atoms with E-state index < -0.39 is 0 Å². The first-order valence-electron chi connectivity index (χ1n) is 5.15. The number of nitrogens with two attached hydrogens (primary N) is 1. The zero-order chi connectivity index (χ0) is 12.3. The lowest BCUT2D eigenvalue weighted by molar-refractivity contribution is 0.184. The second kappa shape index (κ2) is 5.29. The first-order chi connectivity index (χ1) is 8.24. The summed E-state index contributed by atoms with van der Waals surface area (Å²) < 4.78 is 7.80. The van der Waals surface area contributed by atoms with Crippen molar-refractivity contribution < 1.29 is 4.74 Å². The summed E-state index contributed by atoms with van der Waals surface area (Å²) in [6, 6.07) is 3.78. The molecule has 0 saturated heterocycles. The highest BCUT2D eigenvalue weighted by Gasteiger charge is 2.13. The summed E-state index contributed by atoms with van der Waals surface area (Å²) in [5.74, 6) is 0.493. The lowest BCUT2D eigenvalue weighted by Crippen LogP contribution is -2.08. The Morgan fingerprint density at radius 1 is 1.53 bits per heavy atom. The summed E-state index contributed by atoms with van der Waals surface area (Å²) >= 11 is 3.47. The third kappa shape index (κ3) is 2.48. The Kier molecular flexibility index (Phi) is 3.75. The maximum atomic E-state index is 5.87. The van der Waals surface area contributed by atoms with Crippen molar-refractivity contribution in [1.29, 1.82) is 0 Å². The first kappa shape index (κ1) is 12.1. The number of rotatable bonds is 4. The zero-order valence-electron chi connectivity index (χ0n) is 9.43. The molecule has 0 amide bonds. The van der Waals surface area contributed by atoms with Crippen LogP contribution >= 0.6 is 15.9 Å². The molecule has 0 atom stereocenters. The van der Waals surface area contributed by atoms with E-state index in [0.717, 1.165) is 15.7 Å². The van der Waals surface area contributed by atoms with Crippen LogP contribution in [0.5, 0.6) is 0 Å². The van der Waals surface area contributed by atoms with Crippen molar-refractivity contribution in [2.75, 3.05) is 19.5 Å². The molecular weight excluding hydrogens is 284 g/mol. The maximum Gasteiger partial charge on any atom is 0.132 e. The van der Waals surface area contributed by atoms with E-state index in [1.54, 1.807) is 19.5 Å². The molecule has 5 nitrogen and oxygen atoms in total. The van der Waals surface area contributed by atoms with Crippen LogP contribution in [0.25, 0.3) is 11.3 Å². The standard InChI is InChI=1S/C11H13BrN4O/c1-17-6-5-16-10(9(12)7-15-16)8-3-2-4-14-11(8)13/h2-4,7H,5-6H2,1H3,(H2,13,14). The van der Waals surface area contributed by atoms with Crippen LogP contribution in [0.15, 0.2) is 29.0 Å². The summed E-state index contributed by atoms with van der Waals surface area (Å²) in [5.41, 5.74) is 7.67. The average Bonchev–Trinajstić information content (AvgIpc) is 2.69. The molecule has 0 aliphatic rings. The molecule has 17 heavy (non-hydrogen) atoms. The van der Waals surface area contributed by atoms with Crippen molar-refractivity contribution in [2.24, 2.45) is 0 Å². The summed E-state index contributed by atoms with van der Waals surface area (Å²) in [4.78, 5) is 4.08. The van der Waals surface area contributed by atoms with Gasteiger partial charge >= 0.3 is 0 Å². The molecular formula is C11H13BrN4O. The number of ether oxygens (including phenoxy) is 1. The molecule has 2 aromatic rings. The highest BCUT2D eigenvalue weighted by molar-refractivity contribution is 9.10. The molecule has 0 aliphatic carbocycles. The number of nitrogen functional groups attached to an aromatic ring is 1. The van der Waals surface area contributed by atoms with Gasteiger partial charge in [-0.2, -0.15) is 5.10 Å². The fraction of sp³-hybridized carbons (Fsp3) is 0.273. The molecule has 0 aliphatic heterocycles. The van der Waals surface area contributed by atoms with Crippen molar-refractivity contribution in [3.63, 3.8) is 0 Å². The lowest BCUT2D eigenvalue weighted by atomic mass is 10.2. The quantitative estimate of drug-likeness (QED) is 0.936. The van der Waals surface area contributed by atoms with E-state index in [1.165, 1.54) is 0 Å². The van der Waals surface area contributed by atoms with Gasteiger partial charge in [0.1, 0.15) is 5.82 Å². The number of aromatic nitrogens is 3. The topological polar surface area (TPSA) is 66.0 Å². The van der Waals surface area contributed by atoms with Crippen molar-refractivity contribution in [3.8, 4) is 11.3 Å². The minimum atomic E-state index is 0.493. The van der Waals surface area contributed by atoms with Crippen LogP contribution in [0.2, 0.25) is 0 Å². The van der Waals surface area contributed by atoms with Crippen LogP contribution in [0.1, 0.15) is 0 Å². The Morgan fingerprint density at radius 3 is 3.06 bits per heavy atom. The smallest absolute Gasteiger partial charge is 0.132 e. The fourth-order valence-corrected chi connectivity index (χ4v) is 2.11. The molecule has 2 aromatic heterocycles. The van der Waals surface area contributed by atoms with Gasteiger partial charge in [-0.1, -0.05) is 0 Å². The monoisotopic (exact) mass is 296 g/mol. The third-order valence-corrected chi connectivity index (χ3v) is 2.98. The summed E-state index contributed by atoms with van der Waals surface area (Å²) in [7, 11) is 1.66. The number of pyridine rings is 1. The Morgan fingerprint density at radius 2 is 2.35 bits per heavy atom. The molecule has 2 N–H and O–H groups in total. The minimum absolute atomic E-state index is 0.493. The SMILES string of the molecule is COCCn1ncc(Br)c1-c1cccnc1N. The number of nitrogens with zero attached hydrogens (tertiary/aromatic N) is 3. The summed E-state index contributed by atoms with van der Waals surface area (Å²) in [5, 5.41) is 4.28. The third-order valence-electron chi connectivity index (χ3n) is 2.40. The molecule has 0 fully saturated rings. The van der Waals surface area contributed by atoms with Crippen LogP contribution in [0, 0.1) is 0 Å². The molecule has 0 unspecified atom stereocenters. The maximum absolute atomic E-state index is 5.87. The van der Waals surface area contributed by atoms with Crippen LogP contribution in [0.3, 0.4) is 0 Å². The van der Waals surface area contributed by atoms with Crippen LogP contribution in [-0.4, -0.2) is 28.5 Å². The largest absolute Gasteiger partial charge is 0.383 e. The molecule has 2 rings (SSSR count). The normalized spacial score (nSPS) is 10.7. The van der Waals surface area contributed by atoms with Crippen molar-refractivity contribution in [1.82, 2.24) is 14.8 Å². The Hall–Kier alpha value is -1.40. The Bertz CT molecular complexity index is 512. The van der Waals surface area contributed by atoms with Gasteiger partial charge in [0.15, 0.2) is 0 Å². The fourth-order valence-electron chi connectivity index (χ4n) is 1.60. The van der Waals surface area contributed by atoms with Gasteiger partial charge in [-0.25, -0.2) is 4.98 Å². The molecule has 0 bridgehead atoms. The predicted octanol–water partition coefficient (Wildman–Crippen LogP) is 1.94. The van der Waals surface area contributed by atoms with Gasteiger partial charge in [0, 0.05) is 18.9 Å². The van der Waals surface area contributed by atoms with Gasteiger partial charge in [0.05, 0.1) is 29.5 Å². The average molecular weight is 297 g/mol. The van der Waals surface area contributed by atoms with Crippen LogP contribution < -0.4 is 5.73 Å². The van der Waals surface area contributed by atoms with Gasteiger partial charge in [-0.3, -0.25) is 4.68 Å². The molecule has 0 radical (unpaired) electrons. The van der Waals surface area contributed by atoms with E-state index in [2.05, 4.69) is 26.0 Å². The lowest BCUT2D eigenvalue weighted by Gasteiger charge is -2.09. The molecule has 90 valence electrons. The summed E-state index contributed by atoms with van der Waals surface area (Å²) in [6.07, 6.45) is 3.42.